The van der Waals surface area contributed by atoms with E-state index in [1.807, 2.05) is 0 Å². The quantitative estimate of drug-likeness (QED) is 0.697. The van der Waals surface area contributed by atoms with E-state index in [9.17, 15) is 0 Å². The van der Waals surface area contributed by atoms with Crippen molar-refractivity contribution in [2.75, 3.05) is 6.54 Å². The van der Waals surface area contributed by atoms with Crippen molar-refractivity contribution in [3.05, 3.63) is 35.4 Å². The van der Waals surface area contributed by atoms with Crippen LogP contribution < -0.4 is 5.32 Å². The van der Waals surface area contributed by atoms with Gasteiger partial charge in [0, 0.05) is 6.04 Å². The number of nitrogens with one attached hydrogen (secondary N) is 1. The van der Waals surface area contributed by atoms with Crippen LogP contribution in [0.5, 0.6) is 0 Å². The van der Waals surface area contributed by atoms with E-state index in [4.69, 9.17) is 6.42 Å². The van der Waals surface area contributed by atoms with Crippen molar-refractivity contribution >= 4 is 0 Å². The Labute approximate surface area is 85.5 Å². The fraction of sp³-hybridized carbons (Fsp3) is 0.385. The standard InChI is InChI=1S/C13H15N/c1-2-10-14-13-9-5-7-11-6-3-4-8-12(11)13/h1,3-4,6,8,13-14H,5,7,9-10H2/t13-/m0/s1. The van der Waals surface area contributed by atoms with Crippen molar-refractivity contribution in [2.45, 2.75) is 25.3 Å². The summed E-state index contributed by atoms with van der Waals surface area (Å²) in [6.07, 6.45) is 8.94. The highest BCUT2D eigenvalue weighted by Crippen LogP contribution is 2.28. The molecule has 1 nitrogen and oxygen atoms in total. The van der Waals surface area contributed by atoms with Gasteiger partial charge in [0.2, 0.25) is 0 Å². The molecule has 1 atom stereocenters. The minimum Gasteiger partial charge on any atom is -0.299 e. The first kappa shape index (κ1) is 9.30. The van der Waals surface area contributed by atoms with Gasteiger partial charge >= 0.3 is 0 Å². The van der Waals surface area contributed by atoms with E-state index in [1.54, 1.807) is 0 Å². The SMILES string of the molecule is C#CCN[C@H]1CCCc2ccccc21. The van der Waals surface area contributed by atoms with Gasteiger partial charge in [-0.1, -0.05) is 30.2 Å². The minimum atomic E-state index is 0.469. The van der Waals surface area contributed by atoms with Crippen LogP contribution in [0.15, 0.2) is 24.3 Å². The molecule has 0 saturated heterocycles. The first-order valence-corrected chi connectivity index (χ1v) is 5.16. The van der Waals surface area contributed by atoms with Crippen LogP contribution >= 0.6 is 0 Å². The van der Waals surface area contributed by atoms with Gasteiger partial charge in [-0.3, -0.25) is 5.32 Å². The van der Waals surface area contributed by atoms with Gasteiger partial charge in [0.25, 0.3) is 0 Å². The zero-order chi connectivity index (χ0) is 9.80. The van der Waals surface area contributed by atoms with E-state index >= 15 is 0 Å². The van der Waals surface area contributed by atoms with Gasteiger partial charge in [-0.15, -0.1) is 6.42 Å². The van der Waals surface area contributed by atoms with E-state index in [1.165, 1.54) is 30.4 Å². The van der Waals surface area contributed by atoms with Crippen molar-refractivity contribution in [1.82, 2.24) is 5.32 Å². The summed E-state index contributed by atoms with van der Waals surface area (Å²) in [5, 5.41) is 3.39. The number of hydrogen-bond donors (Lipinski definition) is 1. The Morgan fingerprint density at radius 1 is 1.43 bits per heavy atom. The normalized spacial score (nSPS) is 19.8. The lowest BCUT2D eigenvalue weighted by Crippen LogP contribution is -2.25. The van der Waals surface area contributed by atoms with Crippen LogP contribution in [0.3, 0.4) is 0 Å². The van der Waals surface area contributed by atoms with E-state index in [2.05, 4.69) is 35.5 Å². The summed E-state index contributed by atoms with van der Waals surface area (Å²) in [5.74, 6) is 2.63. The first-order chi connectivity index (χ1) is 6.92. The number of rotatable bonds is 2. The van der Waals surface area contributed by atoms with E-state index in [0.29, 0.717) is 12.6 Å². The summed E-state index contributed by atoms with van der Waals surface area (Å²) in [5.41, 5.74) is 2.92. The Morgan fingerprint density at radius 2 is 2.29 bits per heavy atom. The third-order valence-electron chi connectivity index (χ3n) is 2.82. The first-order valence-electron chi connectivity index (χ1n) is 5.16. The molecule has 1 N–H and O–H groups in total. The lowest BCUT2D eigenvalue weighted by atomic mass is 9.88. The van der Waals surface area contributed by atoms with Gasteiger partial charge in [-0.25, -0.2) is 0 Å². The summed E-state index contributed by atoms with van der Waals surface area (Å²) < 4.78 is 0. The lowest BCUT2D eigenvalue weighted by molar-refractivity contribution is 0.483. The van der Waals surface area contributed by atoms with Gasteiger partial charge in [-0.05, 0) is 30.4 Å². The average molecular weight is 185 g/mol. The van der Waals surface area contributed by atoms with Crippen molar-refractivity contribution < 1.29 is 0 Å². The van der Waals surface area contributed by atoms with Crippen LogP contribution in [0.2, 0.25) is 0 Å². The molecule has 0 unspecified atom stereocenters. The Balaban J connectivity index is 2.18. The molecule has 1 aliphatic carbocycles. The molecular weight excluding hydrogens is 170 g/mol. The van der Waals surface area contributed by atoms with Gasteiger partial charge < -0.3 is 0 Å². The molecule has 0 aromatic heterocycles. The minimum absolute atomic E-state index is 0.469. The number of fused-ring (bicyclic) bond motifs is 1. The molecule has 0 fully saturated rings. The number of aryl methyl sites for hydroxylation is 1. The highest BCUT2D eigenvalue weighted by molar-refractivity contribution is 5.32. The van der Waals surface area contributed by atoms with Crippen LogP contribution in [-0.4, -0.2) is 6.54 Å². The molecule has 1 aliphatic rings. The average Bonchev–Trinajstić information content (AvgIpc) is 2.26. The van der Waals surface area contributed by atoms with Crippen molar-refractivity contribution in [2.24, 2.45) is 0 Å². The van der Waals surface area contributed by atoms with Crippen LogP contribution in [0.1, 0.15) is 30.0 Å². The molecule has 72 valence electrons. The maximum atomic E-state index is 5.25. The van der Waals surface area contributed by atoms with Crippen LogP contribution in [-0.2, 0) is 6.42 Å². The topological polar surface area (TPSA) is 12.0 Å². The number of benzene rings is 1. The lowest BCUT2D eigenvalue weighted by Gasteiger charge is -2.25. The highest BCUT2D eigenvalue weighted by Gasteiger charge is 2.18. The third-order valence-corrected chi connectivity index (χ3v) is 2.82. The van der Waals surface area contributed by atoms with Gasteiger partial charge in [0.1, 0.15) is 0 Å². The Bertz CT molecular complexity index is 348. The predicted octanol–water partition coefficient (Wildman–Crippen LogP) is 2.29. The summed E-state index contributed by atoms with van der Waals surface area (Å²) in [4.78, 5) is 0. The molecular formula is C13H15N. The molecule has 1 aromatic carbocycles. The monoisotopic (exact) mass is 185 g/mol. The fourth-order valence-electron chi connectivity index (χ4n) is 2.15. The Morgan fingerprint density at radius 3 is 3.14 bits per heavy atom. The van der Waals surface area contributed by atoms with Crippen molar-refractivity contribution in [3.8, 4) is 12.3 Å². The van der Waals surface area contributed by atoms with Crippen molar-refractivity contribution in [3.63, 3.8) is 0 Å². The smallest absolute Gasteiger partial charge is 0.0578 e. The molecule has 0 saturated carbocycles. The Kier molecular flexibility index (Phi) is 2.86. The zero-order valence-electron chi connectivity index (χ0n) is 8.29. The number of hydrogen-bond acceptors (Lipinski definition) is 1. The Hall–Kier alpha value is -1.26. The summed E-state index contributed by atoms with van der Waals surface area (Å²) in [6, 6.07) is 9.12. The molecule has 0 radical (unpaired) electrons. The maximum Gasteiger partial charge on any atom is 0.0578 e. The summed E-state index contributed by atoms with van der Waals surface area (Å²) in [6.45, 7) is 0.666. The van der Waals surface area contributed by atoms with Crippen LogP contribution in [0.4, 0.5) is 0 Å². The molecule has 0 heterocycles. The largest absolute Gasteiger partial charge is 0.299 e. The van der Waals surface area contributed by atoms with Gasteiger partial charge in [0.15, 0.2) is 0 Å². The predicted molar refractivity (Wildman–Crippen MR) is 59.0 cm³/mol. The van der Waals surface area contributed by atoms with E-state index in [-0.39, 0.29) is 0 Å². The molecule has 0 bridgehead atoms. The molecule has 0 aliphatic heterocycles. The molecule has 2 rings (SSSR count). The summed E-state index contributed by atoms with van der Waals surface area (Å²) in [7, 11) is 0. The van der Waals surface area contributed by atoms with Crippen molar-refractivity contribution in [1.29, 1.82) is 0 Å². The van der Waals surface area contributed by atoms with E-state index < -0.39 is 0 Å². The zero-order valence-corrected chi connectivity index (χ0v) is 8.29. The number of terminal acetylenes is 1. The fourth-order valence-corrected chi connectivity index (χ4v) is 2.15. The molecule has 1 heteroatoms. The van der Waals surface area contributed by atoms with E-state index in [0.717, 1.165) is 0 Å². The summed E-state index contributed by atoms with van der Waals surface area (Å²) >= 11 is 0. The third kappa shape index (κ3) is 1.81. The molecule has 1 aromatic rings. The molecule has 0 amide bonds. The van der Waals surface area contributed by atoms with Gasteiger partial charge in [-0.2, -0.15) is 0 Å². The second-order valence-corrected chi connectivity index (χ2v) is 3.73. The van der Waals surface area contributed by atoms with Gasteiger partial charge in [0.05, 0.1) is 6.54 Å². The van der Waals surface area contributed by atoms with Crippen LogP contribution in [0, 0.1) is 12.3 Å². The van der Waals surface area contributed by atoms with Crippen LogP contribution in [0.25, 0.3) is 0 Å². The molecule has 14 heavy (non-hydrogen) atoms. The second-order valence-electron chi connectivity index (χ2n) is 3.73. The molecule has 0 spiro atoms. The maximum absolute atomic E-state index is 5.25. The highest BCUT2D eigenvalue weighted by atomic mass is 14.9. The second kappa shape index (κ2) is 4.30.